The van der Waals surface area contributed by atoms with Crippen LogP contribution in [0.2, 0.25) is 5.02 Å². The van der Waals surface area contributed by atoms with Gasteiger partial charge in [-0.25, -0.2) is 0 Å². The lowest BCUT2D eigenvalue weighted by Crippen LogP contribution is -2.04. The third-order valence-electron chi connectivity index (χ3n) is 3.53. The minimum atomic E-state index is -0.459. The predicted octanol–water partition coefficient (Wildman–Crippen LogP) is 7.01. The van der Waals surface area contributed by atoms with Crippen molar-refractivity contribution in [1.82, 2.24) is 0 Å². The van der Waals surface area contributed by atoms with E-state index in [9.17, 15) is 4.39 Å². The lowest BCUT2D eigenvalue weighted by Gasteiger charge is -2.17. The molecule has 0 unspecified atom stereocenters. The molecular weight excluding hydrogens is 437 g/mol. The van der Waals surface area contributed by atoms with Crippen LogP contribution in [0.25, 0.3) is 0 Å². The van der Waals surface area contributed by atoms with Crippen molar-refractivity contribution in [2.45, 2.75) is 52.9 Å². The molecule has 0 saturated heterocycles. The largest absolute Gasteiger partial charge is 0.492 e. The first-order valence-corrected chi connectivity index (χ1v) is 10.2. The van der Waals surface area contributed by atoms with Crippen LogP contribution in [-0.2, 0) is 4.84 Å². The van der Waals surface area contributed by atoms with E-state index < -0.39 is 4.74 Å². The van der Waals surface area contributed by atoms with Crippen LogP contribution < -0.4 is 9.47 Å². The van der Waals surface area contributed by atoms with Gasteiger partial charge in [-0.15, -0.1) is 0 Å². The van der Waals surface area contributed by atoms with Crippen molar-refractivity contribution in [3.05, 3.63) is 33.5 Å². The highest BCUT2D eigenvalue weighted by molar-refractivity contribution is 9.11. The van der Waals surface area contributed by atoms with E-state index in [0.29, 0.717) is 29.7 Å². The molecule has 0 radical (unpaired) electrons. The summed E-state index contributed by atoms with van der Waals surface area (Å²) in [6.07, 6.45) is 4.11. The second kappa shape index (κ2) is 13.0. The van der Waals surface area contributed by atoms with Crippen molar-refractivity contribution >= 4 is 33.2 Å². The van der Waals surface area contributed by atoms with Crippen molar-refractivity contribution in [1.29, 1.82) is 0 Å². The fraction of sp³-hybridized carbons (Fsp3) is 0.550. The molecule has 0 heterocycles. The lowest BCUT2D eigenvalue weighted by molar-refractivity contribution is 0.138. The normalized spacial score (nSPS) is 11.5. The quantitative estimate of drug-likeness (QED) is 0.190. The monoisotopic (exact) mass is 463 g/mol. The van der Waals surface area contributed by atoms with Crippen LogP contribution in [0.3, 0.4) is 0 Å². The molecule has 0 fully saturated rings. The van der Waals surface area contributed by atoms with Crippen molar-refractivity contribution in [2.75, 3.05) is 19.8 Å². The van der Waals surface area contributed by atoms with Gasteiger partial charge in [0.25, 0.3) is 0 Å². The zero-order valence-electron chi connectivity index (χ0n) is 16.4. The Morgan fingerprint density at radius 2 is 1.89 bits per heavy atom. The molecule has 1 aromatic rings. The Hall–Kier alpha value is -1.27. The molecule has 0 atom stereocenters. The van der Waals surface area contributed by atoms with Crippen molar-refractivity contribution in [2.24, 2.45) is 5.16 Å². The summed E-state index contributed by atoms with van der Waals surface area (Å²) >= 11 is 9.12. The first-order valence-electron chi connectivity index (χ1n) is 9.04. The van der Waals surface area contributed by atoms with Gasteiger partial charge in [-0.05, 0) is 67.1 Å². The van der Waals surface area contributed by atoms with Crippen LogP contribution >= 0.6 is 27.5 Å². The number of hydrogen-bond donors (Lipinski definition) is 0. The Bertz CT molecular complexity index is 642. The zero-order chi connectivity index (χ0) is 20.2. The molecule has 0 saturated carbocycles. The molecule has 0 aliphatic heterocycles. The van der Waals surface area contributed by atoms with Crippen molar-refractivity contribution in [3.63, 3.8) is 0 Å². The maximum Gasteiger partial charge on any atom is 0.165 e. The van der Waals surface area contributed by atoms with Gasteiger partial charge in [-0.1, -0.05) is 30.6 Å². The smallest absolute Gasteiger partial charge is 0.165 e. The number of hydrogen-bond acceptors (Lipinski definition) is 4. The minimum absolute atomic E-state index is 0.120. The summed E-state index contributed by atoms with van der Waals surface area (Å²) < 4.78 is 23.7. The molecule has 1 aromatic carbocycles. The molecule has 0 amide bonds. The highest BCUT2D eigenvalue weighted by Gasteiger charge is 2.15. The summed E-state index contributed by atoms with van der Waals surface area (Å²) in [5.41, 5.74) is 1.88. The summed E-state index contributed by atoms with van der Waals surface area (Å²) in [4.78, 5) is 5.17. The maximum absolute atomic E-state index is 12.7. The molecule has 7 heteroatoms. The number of nitrogens with zero attached hydrogens (tertiary/aromatic N) is 1. The average molecular weight is 465 g/mol. The Balaban J connectivity index is 2.56. The van der Waals surface area contributed by atoms with Crippen molar-refractivity contribution in [3.8, 4) is 11.5 Å². The number of unbranched alkanes of at least 4 members (excludes halogenated alkanes) is 2. The molecule has 0 N–H and O–H groups in total. The molecular formula is C20H28BrClFNO3. The summed E-state index contributed by atoms with van der Waals surface area (Å²) in [5, 5.41) is 4.40. The predicted molar refractivity (Wildman–Crippen MR) is 113 cm³/mol. The molecule has 0 aliphatic rings. The Morgan fingerprint density at radius 1 is 1.19 bits per heavy atom. The van der Waals surface area contributed by atoms with E-state index in [-0.39, 0.29) is 12.5 Å². The van der Waals surface area contributed by atoms with E-state index >= 15 is 0 Å². The van der Waals surface area contributed by atoms with E-state index in [1.807, 2.05) is 19.9 Å². The van der Waals surface area contributed by atoms with Gasteiger partial charge in [0.15, 0.2) is 4.74 Å². The number of rotatable bonds is 12. The fourth-order valence-corrected chi connectivity index (χ4v) is 2.65. The van der Waals surface area contributed by atoms with Crippen LogP contribution in [0.15, 0.2) is 28.1 Å². The summed E-state index contributed by atoms with van der Waals surface area (Å²) in [7, 11) is 0. The van der Waals surface area contributed by atoms with Gasteiger partial charge in [0.05, 0.1) is 17.3 Å². The molecule has 152 valence electrons. The van der Waals surface area contributed by atoms with Crippen LogP contribution in [0.1, 0.15) is 58.4 Å². The topological polar surface area (TPSA) is 40.0 Å². The van der Waals surface area contributed by atoms with Gasteiger partial charge in [0.2, 0.25) is 0 Å². The van der Waals surface area contributed by atoms with E-state index in [1.54, 1.807) is 6.07 Å². The first kappa shape index (κ1) is 23.8. The van der Waals surface area contributed by atoms with Crippen LogP contribution in [0, 0.1) is 0 Å². The average Bonchev–Trinajstić information content (AvgIpc) is 2.57. The minimum Gasteiger partial charge on any atom is -0.492 e. The Kier molecular flexibility index (Phi) is 11.4. The van der Waals surface area contributed by atoms with Crippen molar-refractivity contribution < 1.29 is 18.7 Å². The van der Waals surface area contributed by atoms with Crippen LogP contribution in [-0.4, -0.2) is 25.5 Å². The molecule has 27 heavy (non-hydrogen) atoms. The standard InChI is InChI=1S/C20H28BrClFNO3/c1-14(2)17-12-16(25-11-8-19(21)23)13-18(22)20(17)26-9-6-5-7-10-27-24-15(3)4/h8,12-14H,5-7,9-11H2,1-4H3/b19-8-. The van der Waals surface area contributed by atoms with Gasteiger partial charge in [-0.2, -0.15) is 4.39 Å². The number of halogens is 3. The molecule has 0 aromatic heterocycles. The molecule has 0 bridgehead atoms. The van der Waals surface area contributed by atoms with Gasteiger partial charge in [0, 0.05) is 11.6 Å². The Morgan fingerprint density at radius 3 is 2.52 bits per heavy atom. The van der Waals surface area contributed by atoms with Crippen LogP contribution in [0.5, 0.6) is 11.5 Å². The SMILES string of the molecule is CC(C)=NOCCCCCOc1c(Cl)cc(OC/C=C(\F)Br)cc1C(C)C. The van der Waals surface area contributed by atoms with Gasteiger partial charge < -0.3 is 14.3 Å². The zero-order valence-corrected chi connectivity index (χ0v) is 18.7. The molecule has 1 rings (SSSR count). The number of benzene rings is 1. The van der Waals surface area contributed by atoms with Gasteiger partial charge >= 0.3 is 0 Å². The van der Waals surface area contributed by atoms with Gasteiger partial charge in [-0.3, -0.25) is 0 Å². The molecule has 4 nitrogen and oxygen atoms in total. The first-order chi connectivity index (χ1) is 12.8. The molecule has 0 spiro atoms. The summed E-state index contributed by atoms with van der Waals surface area (Å²) in [6.45, 7) is 9.23. The summed E-state index contributed by atoms with van der Waals surface area (Å²) in [6, 6.07) is 3.59. The number of oxime groups is 1. The van der Waals surface area contributed by atoms with E-state index in [4.69, 9.17) is 25.9 Å². The van der Waals surface area contributed by atoms with Crippen LogP contribution in [0.4, 0.5) is 4.39 Å². The van der Waals surface area contributed by atoms with E-state index in [0.717, 1.165) is 30.5 Å². The second-order valence-electron chi connectivity index (χ2n) is 6.56. The fourth-order valence-electron chi connectivity index (χ4n) is 2.25. The molecule has 0 aliphatic carbocycles. The Labute approximate surface area is 174 Å². The highest BCUT2D eigenvalue weighted by Crippen LogP contribution is 2.37. The van der Waals surface area contributed by atoms with E-state index in [2.05, 4.69) is 34.9 Å². The van der Waals surface area contributed by atoms with Gasteiger partial charge in [0.1, 0.15) is 24.7 Å². The maximum atomic E-state index is 12.7. The van der Waals surface area contributed by atoms with E-state index in [1.165, 1.54) is 6.08 Å². The summed E-state index contributed by atoms with van der Waals surface area (Å²) in [5.74, 6) is 1.49. The third kappa shape index (κ3) is 10.0. The second-order valence-corrected chi connectivity index (χ2v) is 7.73. The number of ether oxygens (including phenoxy) is 2. The lowest BCUT2D eigenvalue weighted by atomic mass is 10.0. The third-order valence-corrected chi connectivity index (χ3v) is 4.13. The highest BCUT2D eigenvalue weighted by atomic mass is 79.9.